The molecule has 0 spiro atoms. The first-order valence-electron chi connectivity index (χ1n) is 7.87. The number of thiazole rings is 1. The number of esters is 1. The number of hydrogen-bond acceptors (Lipinski definition) is 5. The van der Waals surface area contributed by atoms with E-state index in [0.717, 1.165) is 4.70 Å². The van der Waals surface area contributed by atoms with E-state index in [1.54, 1.807) is 43.3 Å². The molecule has 0 bridgehead atoms. The minimum Gasteiger partial charge on any atom is -0.462 e. The Balaban J connectivity index is 1.71. The zero-order chi connectivity index (χ0) is 18.5. The van der Waals surface area contributed by atoms with E-state index in [1.165, 1.54) is 29.5 Å². The third-order valence-electron chi connectivity index (χ3n) is 3.43. The number of hydrogen-bond donors (Lipinski definition) is 1. The highest BCUT2D eigenvalue weighted by Gasteiger charge is 2.11. The third-order valence-corrected chi connectivity index (χ3v) is 4.36. The molecule has 1 heterocycles. The largest absolute Gasteiger partial charge is 0.462 e. The first kappa shape index (κ1) is 17.8. The molecule has 0 aliphatic heterocycles. The molecule has 132 valence electrons. The van der Waals surface area contributed by atoms with Crippen molar-refractivity contribution in [2.75, 3.05) is 11.9 Å². The van der Waals surface area contributed by atoms with Crippen molar-refractivity contribution in [3.63, 3.8) is 0 Å². The Morgan fingerprint density at radius 1 is 1.23 bits per heavy atom. The second-order valence-electron chi connectivity index (χ2n) is 5.30. The quantitative estimate of drug-likeness (QED) is 0.538. The maximum atomic E-state index is 12.9. The second-order valence-corrected chi connectivity index (χ2v) is 6.33. The highest BCUT2D eigenvalue weighted by Crippen LogP contribution is 2.27. The first-order valence-corrected chi connectivity index (χ1v) is 8.69. The number of ether oxygens (including phenoxy) is 1. The Kier molecular flexibility index (Phi) is 5.38. The van der Waals surface area contributed by atoms with Gasteiger partial charge in [0.05, 0.1) is 22.4 Å². The van der Waals surface area contributed by atoms with Gasteiger partial charge in [0, 0.05) is 6.08 Å². The number of nitrogens with zero attached hydrogens (tertiary/aromatic N) is 1. The Morgan fingerprint density at radius 2 is 2.00 bits per heavy atom. The number of amides is 1. The molecule has 0 radical (unpaired) electrons. The highest BCUT2D eigenvalue weighted by molar-refractivity contribution is 7.22. The molecule has 3 aromatic rings. The van der Waals surface area contributed by atoms with Gasteiger partial charge >= 0.3 is 5.97 Å². The SMILES string of the molecule is CCOC(=O)c1ccc2nc(NC(=O)/C=C/c3ccc(F)cc3)sc2c1. The fourth-order valence-corrected chi connectivity index (χ4v) is 3.12. The van der Waals surface area contributed by atoms with E-state index in [1.807, 2.05) is 0 Å². The molecule has 0 unspecified atom stereocenters. The van der Waals surface area contributed by atoms with Gasteiger partial charge in [-0.3, -0.25) is 10.1 Å². The van der Waals surface area contributed by atoms with Crippen LogP contribution in [0.2, 0.25) is 0 Å². The zero-order valence-corrected chi connectivity index (χ0v) is 14.7. The summed E-state index contributed by atoms with van der Waals surface area (Å²) in [6.45, 7) is 2.05. The summed E-state index contributed by atoms with van der Waals surface area (Å²) in [5, 5.41) is 3.10. The van der Waals surface area contributed by atoms with Gasteiger partial charge in [0.1, 0.15) is 5.82 Å². The second kappa shape index (κ2) is 7.88. The van der Waals surface area contributed by atoms with Crippen LogP contribution in [0.5, 0.6) is 0 Å². The van der Waals surface area contributed by atoms with Crippen molar-refractivity contribution in [1.29, 1.82) is 0 Å². The van der Waals surface area contributed by atoms with Crippen molar-refractivity contribution in [3.8, 4) is 0 Å². The molecule has 1 N–H and O–H groups in total. The molecule has 3 rings (SSSR count). The maximum Gasteiger partial charge on any atom is 0.338 e. The molecule has 26 heavy (non-hydrogen) atoms. The van der Waals surface area contributed by atoms with E-state index < -0.39 is 5.97 Å². The van der Waals surface area contributed by atoms with Gasteiger partial charge in [0.25, 0.3) is 0 Å². The van der Waals surface area contributed by atoms with Crippen molar-refractivity contribution in [1.82, 2.24) is 4.98 Å². The Hall–Kier alpha value is -3.06. The fourth-order valence-electron chi connectivity index (χ4n) is 2.21. The van der Waals surface area contributed by atoms with Crippen LogP contribution >= 0.6 is 11.3 Å². The van der Waals surface area contributed by atoms with Crippen molar-refractivity contribution in [3.05, 3.63) is 65.5 Å². The van der Waals surface area contributed by atoms with Crippen LogP contribution in [-0.2, 0) is 9.53 Å². The average Bonchev–Trinajstić information content (AvgIpc) is 3.02. The lowest BCUT2D eigenvalue weighted by atomic mass is 10.2. The Morgan fingerprint density at radius 3 is 2.73 bits per heavy atom. The van der Waals surface area contributed by atoms with Crippen LogP contribution in [0.15, 0.2) is 48.5 Å². The molecule has 7 heteroatoms. The summed E-state index contributed by atoms with van der Waals surface area (Å²) in [5.41, 5.74) is 1.84. The minimum absolute atomic E-state index is 0.307. The summed E-state index contributed by atoms with van der Waals surface area (Å²) in [6.07, 6.45) is 2.93. The molecule has 0 aliphatic rings. The van der Waals surface area contributed by atoms with E-state index in [0.29, 0.717) is 28.4 Å². The van der Waals surface area contributed by atoms with Crippen LogP contribution in [0.4, 0.5) is 9.52 Å². The normalized spacial score (nSPS) is 11.0. The van der Waals surface area contributed by atoms with Crippen LogP contribution in [-0.4, -0.2) is 23.5 Å². The third kappa shape index (κ3) is 4.31. The van der Waals surface area contributed by atoms with Crippen LogP contribution < -0.4 is 5.32 Å². The molecule has 1 aromatic heterocycles. The molecule has 5 nitrogen and oxygen atoms in total. The number of nitrogens with one attached hydrogen (secondary N) is 1. The Bertz CT molecular complexity index is 980. The predicted octanol–water partition coefficient (Wildman–Crippen LogP) is 4.26. The van der Waals surface area contributed by atoms with Crippen LogP contribution in [0.25, 0.3) is 16.3 Å². The van der Waals surface area contributed by atoms with Gasteiger partial charge in [-0.15, -0.1) is 0 Å². The molecule has 0 aliphatic carbocycles. The monoisotopic (exact) mass is 370 g/mol. The number of carbonyl (C=O) groups is 2. The highest BCUT2D eigenvalue weighted by atomic mass is 32.1. The van der Waals surface area contributed by atoms with Gasteiger partial charge in [-0.05, 0) is 48.9 Å². The number of halogens is 1. The topological polar surface area (TPSA) is 68.3 Å². The summed E-state index contributed by atoms with van der Waals surface area (Å²) >= 11 is 1.26. The lowest BCUT2D eigenvalue weighted by Gasteiger charge is -2.00. The number of anilines is 1. The van der Waals surface area contributed by atoms with E-state index in [9.17, 15) is 14.0 Å². The first-order chi connectivity index (χ1) is 12.5. The number of benzene rings is 2. The summed E-state index contributed by atoms with van der Waals surface area (Å²) in [5.74, 6) is -1.07. The molecular formula is C19H15FN2O3S. The number of aromatic nitrogens is 1. The zero-order valence-electron chi connectivity index (χ0n) is 13.9. The summed E-state index contributed by atoms with van der Waals surface area (Å²) < 4.78 is 18.6. The summed E-state index contributed by atoms with van der Waals surface area (Å²) in [7, 11) is 0. The standard InChI is InChI=1S/C19H15FN2O3S/c1-2-25-18(24)13-6-9-15-16(11-13)26-19(21-15)22-17(23)10-5-12-3-7-14(20)8-4-12/h3-11H,2H2,1H3,(H,21,22,23)/b10-5+. The van der Waals surface area contributed by atoms with Gasteiger partial charge in [-0.1, -0.05) is 23.5 Å². The number of rotatable bonds is 5. The maximum absolute atomic E-state index is 12.9. The van der Waals surface area contributed by atoms with E-state index in [-0.39, 0.29) is 11.7 Å². The van der Waals surface area contributed by atoms with Crippen molar-refractivity contribution < 1.29 is 18.7 Å². The van der Waals surface area contributed by atoms with Crippen molar-refractivity contribution in [2.45, 2.75) is 6.92 Å². The molecule has 0 saturated carbocycles. The van der Waals surface area contributed by atoms with Crippen molar-refractivity contribution in [2.24, 2.45) is 0 Å². The van der Waals surface area contributed by atoms with Gasteiger partial charge in [-0.25, -0.2) is 14.2 Å². The molecule has 0 atom stereocenters. The van der Waals surface area contributed by atoms with Crippen LogP contribution in [0.1, 0.15) is 22.8 Å². The number of fused-ring (bicyclic) bond motifs is 1. The minimum atomic E-state index is -0.393. The van der Waals surface area contributed by atoms with Crippen LogP contribution in [0, 0.1) is 5.82 Å². The summed E-state index contributed by atoms with van der Waals surface area (Å²) in [6, 6.07) is 10.8. The Labute approximate surface area is 153 Å². The summed E-state index contributed by atoms with van der Waals surface area (Å²) in [4.78, 5) is 28.1. The predicted molar refractivity (Wildman–Crippen MR) is 99.6 cm³/mol. The molecule has 1 amide bonds. The average molecular weight is 370 g/mol. The number of carbonyl (C=O) groups excluding carboxylic acids is 2. The van der Waals surface area contributed by atoms with E-state index in [4.69, 9.17) is 4.74 Å². The van der Waals surface area contributed by atoms with E-state index >= 15 is 0 Å². The molecule has 2 aromatic carbocycles. The van der Waals surface area contributed by atoms with Crippen LogP contribution in [0.3, 0.4) is 0 Å². The molecular weight excluding hydrogens is 355 g/mol. The van der Waals surface area contributed by atoms with Gasteiger partial charge in [0.2, 0.25) is 5.91 Å². The smallest absolute Gasteiger partial charge is 0.338 e. The fraction of sp³-hybridized carbons (Fsp3) is 0.105. The van der Waals surface area contributed by atoms with Crippen molar-refractivity contribution >= 4 is 44.6 Å². The molecule has 0 fully saturated rings. The lowest BCUT2D eigenvalue weighted by Crippen LogP contribution is -2.07. The van der Waals surface area contributed by atoms with Gasteiger partial charge in [-0.2, -0.15) is 0 Å². The van der Waals surface area contributed by atoms with Gasteiger partial charge < -0.3 is 4.74 Å². The molecule has 0 saturated heterocycles. The van der Waals surface area contributed by atoms with Gasteiger partial charge in [0.15, 0.2) is 5.13 Å². The lowest BCUT2D eigenvalue weighted by molar-refractivity contribution is -0.111. The van der Waals surface area contributed by atoms with E-state index in [2.05, 4.69) is 10.3 Å².